The van der Waals surface area contributed by atoms with Crippen LogP contribution in [0.5, 0.6) is 0 Å². The second-order valence-electron chi connectivity index (χ2n) is 6.91. The number of imidazole rings is 1. The number of nitrogens with zero attached hydrogens (tertiary/aromatic N) is 2. The van der Waals surface area contributed by atoms with Crippen LogP contribution in [0.25, 0.3) is 5.52 Å². The first-order valence-electron chi connectivity index (χ1n) is 9.04. The highest BCUT2D eigenvalue weighted by Crippen LogP contribution is 2.39. The number of hydrogen-bond donors (Lipinski definition) is 1. The van der Waals surface area contributed by atoms with Crippen molar-refractivity contribution >= 4 is 11.4 Å². The van der Waals surface area contributed by atoms with Crippen LogP contribution in [0.2, 0.25) is 0 Å². The minimum absolute atomic E-state index is 0.0733. The molecule has 1 unspecified atom stereocenters. The van der Waals surface area contributed by atoms with E-state index in [0.717, 1.165) is 17.8 Å². The second-order valence-corrected chi connectivity index (χ2v) is 6.91. The Morgan fingerprint density at radius 3 is 2.72 bits per heavy atom. The maximum atomic E-state index is 12.6. The van der Waals surface area contributed by atoms with Gasteiger partial charge in [-0.2, -0.15) is 0 Å². The van der Waals surface area contributed by atoms with Gasteiger partial charge in [-0.05, 0) is 42.9 Å². The Bertz CT molecular complexity index is 881. The first-order chi connectivity index (χ1) is 12.2. The summed E-state index contributed by atoms with van der Waals surface area (Å²) in [5.41, 5.74) is 2.76. The number of carbonyl (C=O) groups is 1. The summed E-state index contributed by atoms with van der Waals surface area (Å²) >= 11 is 0. The van der Waals surface area contributed by atoms with Gasteiger partial charge in [-0.25, -0.2) is 4.98 Å². The fourth-order valence-electron chi connectivity index (χ4n) is 3.29. The third kappa shape index (κ3) is 3.29. The van der Waals surface area contributed by atoms with Crippen molar-refractivity contribution < 1.29 is 4.79 Å². The quantitative estimate of drug-likeness (QED) is 0.737. The largest absolute Gasteiger partial charge is 0.351 e. The predicted molar refractivity (Wildman–Crippen MR) is 99.0 cm³/mol. The topological polar surface area (TPSA) is 46.4 Å². The van der Waals surface area contributed by atoms with Crippen LogP contribution in [0.3, 0.4) is 0 Å². The summed E-state index contributed by atoms with van der Waals surface area (Å²) in [6, 6.07) is 16.3. The molecule has 0 radical (unpaired) electrons. The van der Waals surface area contributed by atoms with Crippen molar-refractivity contribution in [3.05, 3.63) is 71.8 Å². The summed E-state index contributed by atoms with van der Waals surface area (Å²) in [7, 11) is 0. The predicted octanol–water partition coefficient (Wildman–Crippen LogP) is 4.14. The summed E-state index contributed by atoms with van der Waals surface area (Å²) in [5.74, 6) is 1.88. The summed E-state index contributed by atoms with van der Waals surface area (Å²) < 4.78 is 2.07. The van der Waals surface area contributed by atoms with Gasteiger partial charge in [0, 0.05) is 18.7 Å². The Morgan fingerprint density at radius 2 is 1.96 bits per heavy atom. The molecular weight excluding hydrogens is 310 g/mol. The van der Waals surface area contributed by atoms with E-state index in [0.29, 0.717) is 24.1 Å². The summed E-state index contributed by atoms with van der Waals surface area (Å²) in [4.78, 5) is 17.3. The van der Waals surface area contributed by atoms with Gasteiger partial charge in [-0.1, -0.05) is 43.3 Å². The Balaban J connectivity index is 1.44. The molecule has 0 bridgehead atoms. The van der Waals surface area contributed by atoms with Gasteiger partial charge in [-0.3, -0.25) is 4.79 Å². The molecule has 0 aliphatic heterocycles. The van der Waals surface area contributed by atoms with Gasteiger partial charge in [0.05, 0.1) is 5.52 Å². The normalized spacial score (nSPS) is 15.2. The lowest BCUT2D eigenvalue weighted by molar-refractivity contribution is 0.0949. The summed E-state index contributed by atoms with van der Waals surface area (Å²) in [6.45, 7) is 2.85. The highest BCUT2D eigenvalue weighted by Gasteiger charge is 2.30. The lowest BCUT2D eigenvalue weighted by Gasteiger charge is -2.12. The van der Waals surface area contributed by atoms with E-state index in [4.69, 9.17) is 0 Å². The highest BCUT2D eigenvalue weighted by atomic mass is 16.1. The molecule has 1 aromatic carbocycles. The van der Waals surface area contributed by atoms with Gasteiger partial charge in [0.1, 0.15) is 5.82 Å². The monoisotopic (exact) mass is 333 g/mol. The van der Waals surface area contributed by atoms with Gasteiger partial charge >= 0.3 is 0 Å². The Labute approximate surface area is 147 Å². The van der Waals surface area contributed by atoms with Crippen LogP contribution in [0.4, 0.5) is 0 Å². The summed E-state index contributed by atoms with van der Waals surface area (Å²) in [5, 5.41) is 3.05. The second kappa shape index (κ2) is 6.71. The molecule has 1 N–H and O–H groups in total. The van der Waals surface area contributed by atoms with E-state index in [1.54, 1.807) is 0 Å². The Morgan fingerprint density at radius 1 is 1.20 bits per heavy atom. The third-order valence-electron chi connectivity index (χ3n) is 4.96. The standard InChI is InChI=1S/C21H23N3O/c1-15(16-7-3-2-4-8-16)12-13-22-21(25)19-18-9-5-6-14-24(18)20(23-19)17-10-11-17/h2-9,14-15,17H,10-13H2,1H3,(H,22,25). The molecule has 1 aliphatic rings. The van der Waals surface area contributed by atoms with Crippen LogP contribution in [0, 0.1) is 0 Å². The van der Waals surface area contributed by atoms with E-state index in [1.165, 1.54) is 18.4 Å². The molecular formula is C21H23N3O. The molecule has 1 atom stereocenters. The molecule has 2 heterocycles. The highest BCUT2D eigenvalue weighted by molar-refractivity contribution is 5.99. The number of carbonyl (C=O) groups excluding carboxylic acids is 1. The van der Waals surface area contributed by atoms with Crippen molar-refractivity contribution in [1.82, 2.24) is 14.7 Å². The van der Waals surface area contributed by atoms with Gasteiger partial charge in [0.2, 0.25) is 0 Å². The molecule has 4 rings (SSSR count). The fourth-order valence-corrected chi connectivity index (χ4v) is 3.29. The number of nitrogens with one attached hydrogen (secondary N) is 1. The van der Waals surface area contributed by atoms with Crippen LogP contribution < -0.4 is 5.32 Å². The number of hydrogen-bond acceptors (Lipinski definition) is 2. The van der Waals surface area contributed by atoms with Crippen molar-refractivity contribution in [2.45, 2.75) is 38.0 Å². The van der Waals surface area contributed by atoms with Crippen LogP contribution in [-0.4, -0.2) is 21.8 Å². The first-order valence-corrected chi connectivity index (χ1v) is 9.04. The van der Waals surface area contributed by atoms with Gasteiger partial charge < -0.3 is 9.72 Å². The lowest BCUT2D eigenvalue weighted by Crippen LogP contribution is -2.26. The van der Waals surface area contributed by atoms with Gasteiger partial charge in [0.25, 0.3) is 5.91 Å². The molecule has 4 nitrogen and oxygen atoms in total. The Hall–Kier alpha value is -2.62. The summed E-state index contributed by atoms with van der Waals surface area (Å²) in [6.07, 6.45) is 5.26. The zero-order valence-corrected chi connectivity index (χ0v) is 14.5. The molecule has 0 spiro atoms. The molecule has 0 saturated heterocycles. The number of rotatable bonds is 6. The third-order valence-corrected chi connectivity index (χ3v) is 4.96. The molecule has 3 aromatic rings. The molecule has 1 saturated carbocycles. The minimum atomic E-state index is -0.0733. The molecule has 25 heavy (non-hydrogen) atoms. The van der Waals surface area contributed by atoms with Crippen molar-refractivity contribution in [2.24, 2.45) is 0 Å². The van der Waals surface area contributed by atoms with E-state index >= 15 is 0 Å². The maximum Gasteiger partial charge on any atom is 0.272 e. The first kappa shape index (κ1) is 15.9. The number of aromatic nitrogens is 2. The van der Waals surface area contributed by atoms with E-state index < -0.39 is 0 Å². The molecule has 1 aliphatic carbocycles. The van der Waals surface area contributed by atoms with E-state index in [2.05, 4.69) is 45.9 Å². The molecule has 1 fully saturated rings. The SMILES string of the molecule is CC(CCNC(=O)c1nc(C2CC2)n2ccccc12)c1ccccc1. The minimum Gasteiger partial charge on any atom is -0.351 e. The average Bonchev–Trinajstić information content (AvgIpc) is 3.42. The van der Waals surface area contributed by atoms with Crippen molar-refractivity contribution in [3.63, 3.8) is 0 Å². The van der Waals surface area contributed by atoms with Gasteiger partial charge in [0.15, 0.2) is 5.69 Å². The van der Waals surface area contributed by atoms with E-state index in [-0.39, 0.29) is 5.91 Å². The molecule has 4 heteroatoms. The average molecular weight is 333 g/mol. The number of amides is 1. The van der Waals surface area contributed by atoms with E-state index in [1.807, 2.05) is 30.5 Å². The van der Waals surface area contributed by atoms with Crippen molar-refractivity contribution in [1.29, 1.82) is 0 Å². The van der Waals surface area contributed by atoms with Crippen LogP contribution in [0.15, 0.2) is 54.7 Å². The smallest absolute Gasteiger partial charge is 0.272 e. The zero-order valence-electron chi connectivity index (χ0n) is 14.5. The molecule has 2 aromatic heterocycles. The van der Waals surface area contributed by atoms with Crippen molar-refractivity contribution in [2.75, 3.05) is 6.54 Å². The number of fused-ring (bicyclic) bond motifs is 1. The Kier molecular flexibility index (Phi) is 4.26. The fraction of sp³-hybridized carbons (Fsp3) is 0.333. The maximum absolute atomic E-state index is 12.6. The van der Waals surface area contributed by atoms with Crippen LogP contribution >= 0.6 is 0 Å². The zero-order chi connectivity index (χ0) is 17.2. The van der Waals surface area contributed by atoms with Crippen LogP contribution in [0.1, 0.15) is 59.9 Å². The lowest BCUT2D eigenvalue weighted by atomic mass is 9.98. The number of pyridine rings is 1. The van der Waals surface area contributed by atoms with Crippen LogP contribution in [-0.2, 0) is 0 Å². The van der Waals surface area contributed by atoms with E-state index in [9.17, 15) is 4.79 Å². The number of benzene rings is 1. The molecule has 1 amide bonds. The van der Waals surface area contributed by atoms with Crippen molar-refractivity contribution in [3.8, 4) is 0 Å². The molecule has 128 valence electrons. The van der Waals surface area contributed by atoms with Gasteiger partial charge in [-0.15, -0.1) is 0 Å².